The molecule has 0 atom stereocenters. The van der Waals surface area contributed by atoms with E-state index >= 15 is 0 Å². The third kappa shape index (κ3) is 3.63. The van der Waals surface area contributed by atoms with Gasteiger partial charge in [-0.1, -0.05) is 41.4 Å². The molecule has 0 unspecified atom stereocenters. The minimum Gasteiger partial charge on any atom is -0.326 e. The number of rotatable bonds is 3. The Labute approximate surface area is 231 Å². The number of allylic oxidation sites excluding steroid dienone is 1. The number of carbonyl (C=O) groups excluding carboxylic acids is 2. The quantitative estimate of drug-likeness (QED) is 0.0722. The molecular formula is C28H12Cl2F5N3O2. The highest BCUT2D eigenvalue weighted by Crippen LogP contribution is 2.37. The number of carbonyl (C=O) groups is 2. The number of ketones is 2. The van der Waals surface area contributed by atoms with Crippen LogP contribution in [0.3, 0.4) is 0 Å². The first-order chi connectivity index (χ1) is 19.0. The maximum Gasteiger partial charge on any atom is 0.200 e. The maximum absolute atomic E-state index is 14.7. The van der Waals surface area contributed by atoms with Crippen LogP contribution in [0.2, 0.25) is 10.0 Å². The van der Waals surface area contributed by atoms with Crippen LogP contribution in [0.1, 0.15) is 26.4 Å². The summed E-state index contributed by atoms with van der Waals surface area (Å²) in [6, 6.07) is 12.5. The number of para-hydroxylation sites is 1. The third-order valence-electron chi connectivity index (χ3n) is 6.65. The maximum atomic E-state index is 14.7. The zero-order valence-corrected chi connectivity index (χ0v) is 21.5. The third-order valence-corrected chi connectivity index (χ3v) is 7.38. The largest absolute Gasteiger partial charge is 0.326 e. The van der Waals surface area contributed by atoms with Crippen LogP contribution in [0, 0.1) is 29.1 Å². The summed E-state index contributed by atoms with van der Waals surface area (Å²) in [7, 11) is 1.33. The van der Waals surface area contributed by atoms with E-state index in [1.165, 1.54) is 35.9 Å². The van der Waals surface area contributed by atoms with Gasteiger partial charge in [-0.2, -0.15) is 0 Å². The fraction of sp³-hybridized carbons (Fsp3) is 0.0357. The predicted octanol–water partition coefficient (Wildman–Crippen LogP) is 7.50. The van der Waals surface area contributed by atoms with Crippen LogP contribution >= 0.6 is 23.2 Å². The van der Waals surface area contributed by atoms with Gasteiger partial charge >= 0.3 is 0 Å². The number of imidazole rings is 1. The van der Waals surface area contributed by atoms with Crippen molar-refractivity contribution in [2.75, 3.05) is 0 Å². The lowest BCUT2D eigenvalue weighted by atomic mass is 10.1. The Hall–Kier alpha value is -4.28. The highest BCUT2D eigenvalue weighted by molar-refractivity contribution is 6.46. The second-order valence-corrected chi connectivity index (χ2v) is 9.73. The monoisotopic (exact) mass is 587 g/mol. The zero-order valence-electron chi connectivity index (χ0n) is 20.0. The topological polar surface area (TPSA) is 56.9 Å². The van der Waals surface area contributed by atoms with Crippen molar-refractivity contribution in [1.82, 2.24) is 14.1 Å². The molecule has 0 bridgehead atoms. The van der Waals surface area contributed by atoms with Gasteiger partial charge < -0.3 is 4.57 Å². The number of benzene rings is 3. The van der Waals surface area contributed by atoms with Crippen molar-refractivity contribution >= 4 is 52.0 Å². The lowest BCUT2D eigenvalue weighted by Crippen LogP contribution is -2.07. The molecule has 5 aromatic rings. The van der Waals surface area contributed by atoms with Crippen LogP contribution < -0.4 is 0 Å². The fourth-order valence-corrected chi connectivity index (χ4v) is 5.05. The van der Waals surface area contributed by atoms with E-state index in [1.807, 2.05) is 0 Å². The molecule has 2 aromatic heterocycles. The summed E-state index contributed by atoms with van der Waals surface area (Å²) in [6.07, 6.45) is 1.33. The molecule has 0 fully saturated rings. The molecule has 5 nitrogen and oxygen atoms in total. The van der Waals surface area contributed by atoms with Gasteiger partial charge in [0.05, 0.1) is 32.4 Å². The fourth-order valence-electron chi connectivity index (χ4n) is 4.72. The molecule has 0 radical (unpaired) electrons. The summed E-state index contributed by atoms with van der Waals surface area (Å²) in [4.78, 5) is 30.5. The number of hydrogen-bond acceptors (Lipinski definition) is 3. The first kappa shape index (κ1) is 26.0. The summed E-state index contributed by atoms with van der Waals surface area (Å²) in [5, 5.41) is 0.206. The van der Waals surface area contributed by atoms with Crippen molar-refractivity contribution in [1.29, 1.82) is 0 Å². The highest BCUT2D eigenvalue weighted by Gasteiger charge is 2.35. The highest BCUT2D eigenvalue weighted by atomic mass is 35.5. The molecule has 1 aliphatic rings. The lowest BCUT2D eigenvalue weighted by Gasteiger charge is -2.09. The molecule has 200 valence electrons. The van der Waals surface area contributed by atoms with Gasteiger partial charge in [-0.05, 0) is 36.4 Å². The van der Waals surface area contributed by atoms with Crippen LogP contribution in [0.25, 0.3) is 34.3 Å². The Morgan fingerprint density at radius 1 is 0.775 bits per heavy atom. The van der Waals surface area contributed by atoms with E-state index in [0.717, 1.165) is 4.57 Å². The summed E-state index contributed by atoms with van der Waals surface area (Å²) in [5.74, 6) is -12.2. The average Bonchev–Trinajstić information content (AvgIpc) is 3.52. The average molecular weight is 588 g/mol. The number of nitrogens with zero attached hydrogens (tertiary/aromatic N) is 3. The number of Topliss-reactive ketones (excluding diaryl/α,β-unsaturated/α-hetero) is 2. The van der Waals surface area contributed by atoms with Crippen LogP contribution in [-0.4, -0.2) is 25.7 Å². The summed E-state index contributed by atoms with van der Waals surface area (Å²) >= 11 is 12.1. The van der Waals surface area contributed by atoms with Crippen molar-refractivity contribution in [2.24, 2.45) is 7.05 Å². The van der Waals surface area contributed by atoms with Crippen molar-refractivity contribution in [3.8, 4) is 17.1 Å². The van der Waals surface area contributed by atoms with E-state index in [1.54, 1.807) is 30.3 Å². The molecule has 0 aliphatic heterocycles. The van der Waals surface area contributed by atoms with Crippen LogP contribution in [0.5, 0.6) is 0 Å². The Bertz CT molecular complexity index is 1910. The molecule has 6 rings (SSSR count). The van der Waals surface area contributed by atoms with Gasteiger partial charge in [-0.15, -0.1) is 0 Å². The number of fused-ring (bicyclic) bond motifs is 2. The van der Waals surface area contributed by atoms with Crippen LogP contribution in [0.4, 0.5) is 22.0 Å². The van der Waals surface area contributed by atoms with Crippen molar-refractivity contribution in [3.63, 3.8) is 0 Å². The molecule has 2 heterocycles. The van der Waals surface area contributed by atoms with Crippen molar-refractivity contribution in [2.45, 2.75) is 0 Å². The molecule has 3 aromatic carbocycles. The van der Waals surface area contributed by atoms with Crippen LogP contribution in [-0.2, 0) is 7.05 Å². The molecular weight excluding hydrogens is 576 g/mol. The Morgan fingerprint density at radius 3 is 1.85 bits per heavy atom. The standard InChI is InChI=1S/C28H12Cl2F5N3O2/c1-37-18-8-12(7-15-25(39)13-9-16(29)17(30)10-14(13)26(15)40)38(11-5-3-2-4-6-11)27(18)36-28(37)19-20(31)22(33)24(35)23(34)21(19)32/h2-10H,1H3. The minimum absolute atomic E-state index is 0.0704. The molecule has 0 N–H and O–H groups in total. The number of hydrogen-bond donors (Lipinski definition) is 0. The number of halogens is 7. The second-order valence-electron chi connectivity index (χ2n) is 8.92. The van der Waals surface area contributed by atoms with Gasteiger partial charge in [0.1, 0.15) is 5.82 Å². The molecule has 0 amide bonds. The lowest BCUT2D eigenvalue weighted by molar-refractivity contribution is 0.0990. The van der Waals surface area contributed by atoms with Gasteiger partial charge in [0.15, 0.2) is 40.5 Å². The summed E-state index contributed by atoms with van der Waals surface area (Å²) in [5.41, 5.74) is -0.164. The minimum atomic E-state index is -2.28. The van der Waals surface area contributed by atoms with E-state index < -0.39 is 52.0 Å². The van der Waals surface area contributed by atoms with Gasteiger partial charge in [-0.25, -0.2) is 26.9 Å². The predicted molar refractivity (Wildman–Crippen MR) is 138 cm³/mol. The molecule has 1 aliphatic carbocycles. The number of aromatic nitrogens is 3. The Morgan fingerprint density at radius 2 is 1.30 bits per heavy atom. The van der Waals surface area contributed by atoms with Gasteiger partial charge in [-0.3, -0.25) is 14.2 Å². The SMILES string of the molecule is Cn1c(-c2c(F)c(F)c(F)c(F)c2F)nc2c1cc(C=C1C(=O)c3cc(Cl)c(Cl)cc3C1=O)n2-c1ccccc1. The van der Waals surface area contributed by atoms with Gasteiger partial charge in [0, 0.05) is 23.9 Å². The van der Waals surface area contributed by atoms with E-state index in [4.69, 9.17) is 23.2 Å². The van der Waals surface area contributed by atoms with Crippen molar-refractivity contribution in [3.05, 3.63) is 110 Å². The molecule has 0 saturated heterocycles. The summed E-state index contributed by atoms with van der Waals surface area (Å²) in [6.45, 7) is 0. The van der Waals surface area contributed by atoms with E-state index in [0.29, 0.717) is 5.69 Å². The molecule has 40 heavy (non-hydrogen) atoms. The first-order valence-corrected chi connectivity index (χ1v) is 12.2. The number of aryl methyl sites for hydroxylation is 1. The van der Waals surface area contributed by atoms with E-state index in [-0.39, 0.29) is 43.6 Å². The van der Waals surface area contributed by atoms with Gasteiger partial charge in [0.25, 0.3) is 0 Å². The van der Waals surface area contributed by atoms with Crippen LogP contribution in [0.15, 0.2) is 54.1 Å². The Kier molecular flexibility index (Phi) is 5.93. The normalized spacial score (nSPS) is 13.1. The second kappa shape index (κ2) is 9.14. The van der Waals surface area contributed by atoms with Gasteiger partial charge in [0.2, 0.25) is 5.82 Å². The molecule has 0 saturated carbocycles. The van der Waals surface area contributed by atoms with Crippen molar-refractivity contribution < 1.29 is 31.5 Å². The molecule has 12 heteroatoms. The van der Waals surface area contributed by atoms with E-state index in [2.05, 4.69) is 4.98 Å². The first-order valence-electron chi connectivity index (χ1n) is 11.5. The molecule has 0 spiro atoms. The smallest absolute Gasteiger partial charge is 0.200 e. The zero-order chi connectivity index (χ0) is 28.6. The Balaban J connectivity index is 1.60. The summed E-state index contributed by atoms with van der Waals surface area (Å²) < 4.78 is 73.6. The van der Waals surface area contributed by atoms with E-state index in [9.17, 15) is 31.5 Å².